The molecule has 0 aliphatic heterocycles. The van der Waals surface area contributed by atoms with Crippen molar-refractivity contribution in [2.24, 2.45) is 0 Å². The van der Waals surface area contributed by atoms with Gasteiger partial charge in [-0.1, -0.05) is 23.4 Å². The number of benzene rings is 1. The van der Waals surface area contributed by atoms with E-state index < -0.39 is 0 Å². The molecule has 0 spiro atoms. The van der Waals surface area contributed by atoms with E-state index in [9.17, 15) is 0 Å². The fraction of sp³-hybridized carbons (Fsp3) is 0.273. The molecule has 78 valence electrons. The molecule has 0 saturated heterocycles. The van der Waals surface area contributed by atoms with Gasteiger partial charge in [-0.05, 0) is 25.0 Å². The summed E-state index contributed by atoms with van der Waals surface area (Å²) in [5, 5.41) is 3.78. The van der Waals surface area contributed by atoms with E-state index in [0.29, 0.717) is 0 Å². The van der Waals surface area contributed by atoms with Gasteiger partial charge in [0.15, 0.2) is 5.82 Å². The van der Waals surface area contributed by atoms with E-state index in [1.165, 1.54) is 22.4 Å². The second kappa shape index (κ2) is 4.49. The zero-order valence-electron chi connectivity index (χ0n) is 8.73. The van der Waals surface area contributed by atoms with Gasteiger partial charge in [0.05, 0.1) is 5.75 Å². The van der Waals surface area contributed by atoms with Gasteiger partial charge in [-0.2, -0.15) is 4.98 Å². The van der Waals surface area contributed by atoms with Crippen molar-refractivity contribution < 1.29 is 4.52 Å². The molecule has 0 bridgehead atoms. The van der Waals surface area contributed by atoms with E-state index in [0.717, 1.165) is 11.6 Å². The fourth-order valence-electron chi connectivity index (χ4n) is 1.42. The highest BCUT2D eigenvalue weighted by Gasteiger charge is 2.05. The van der Waals surface area contributed by atoms with Crippen LogP contribution in [0.2, 0.25) is 0 Å². The lowest BCUT2D eigenvalue weighted by atomic mass is 10.2. The second-order valence-corrected chi connectivity index (χ2v) is 4.34. The first-order valence-electron chi connectivity index (χ1n) is 4.71. The van der Waals surface area contributed by atoms with Gasteiger partial charge in [-0.15, -0.1) is 11.8 Å². The van der Waals surface area contributed by atoms with Crippen molar-refractivity contribution in [3.63, 3.8) is 0 Å². The molecule has 1 aromatic carbocycles. The van der Waals surface area contributed by atoms with Crippen molar-refractivity contribution in [2.75, 3.05) is 0 Å². The van der Waals surface area contributed by atoms with E-state index in [2.05, 4.69) is 46.7 Å². The Morgan fingerprint density at radius 2 is 2.00 bits per heavy atom. The van der Waals surface area contributed by atoms with Crippen LogP contribution in [0.5, 0.6) is 0 Å². The van der Waals surface area contributed by atoms with Gasteiger partial charge in [-0.3, -0.25) is 0 Å². The highest BCUT2D eigenvalue weighted by molar-refractivity contribution is 7.98. The number of nitrogens with zero attached hydrogens (tertiary/aromatic N) is 2. The molecule has 15 heavy (non-hydrogen) atoms. The van der Waals surface area contributed by atoms with E-state index in [1.807, 2.05) is 0 Å². The van der Waals surface area contributed by atoms with Crippen LogP contribution in [-0.4, -0.2) is 10.1 Å². The lowest BCUT2D eigenvalue weighted by molar-refractivity contribution is 0.412. The fourth-order valence-corrected chi connectivity index (χ4v) is 2.41. The standard InChI is InChI=1S/C11H12N2OS/c1-8-4-3-5-9(2)11(8)15-6-10-12-7-14-13-10/h3-5,7H,6H2,1-2H3. The van der Waals surface area contributed by atoms with Crippen LogP contribution in [-0.2, 0) is 5.75 Å². The molecule has 3 nitrogen and oxygen atoms in total. The summed E-state index contributed by atoms with van der Waals surface area (Å²) in [5.41, 5.74) is 2.59. The molecule has 0 radical (unpaired) electrons. The largest absolute Gasteiger partial charge is 0.343 e. The van der Waals surface area contributed by atoms with Crippen LogP contribution in [0.1, 0.15) is 17.0 Å². The summed E-state index contributed by atoms with van der Waals surface area (Å²) >= 11 is 1.75. The molecular formula is C11H12N2OS. The van der Waals surface area contributed by atoms with E-state index in [1.54, 1.807) is 11.8 Å². The number of thioether (sulfide) groups is 1. The van der Waals surface area contributed by atoms with Crippen molar-refractivity contribution in [1.82, 2.24) is 10.1 Å². The Balaban J connectivity index is 2.11. The number of aromatic nitrogens is 2. The van der Waals surface area contributed by atoms with Crippen LogP contribution in [0.4, 0.5) is 0 Å². The number of aryl methyl sites for hydroxylation is 2. The summed E-state index contributed by atoms with van der Waals surface area (Å²) in [7, 11) is 0. The lowest BCUT2D eigenvalue weighted by Gasteiger charge is -2.06. The van der Waals surface area contributed by atoms with Crippen molar-refractivity contribution in [2.45, 2.75) is 24.5 Å². The SMILES string of the molecule is Cc1cccc(C)c1SCc1ncon1. The van der Waals surface area contributed by atoms with Gasteiger partial charge in [0.1, 0.15) is 0 Å². The van der Waals surface area contributed by atoms with Crippen LogP contribution in [0, 0.1) is 13.8 Å². The molecule has 0 atom stereocenters. The van der Waals surface area contributed by atoms with E-state index in [-0.39, 0.29) is 0 Å². The van der Waals surface area contributed by atoms with Crippen molar-refractivity contribution in [3.8, 4) is 0 Å². The smallest absolute Gasteiger partial charge is 0.213 e. The van der Waals surface area contributed by atoms with Gasteiger partial charge in [0, 0.05) is 4.90 Å². The minimum atomic E-state index is 0.739. The number of hydrogen-bond acceptors (Lipinski definition) is 4. The second-order valence-electron chi connectivity index (χ2n) is 3.36. The molecule has 0 aliphatic carbocycles. The Bertz CT molecular complexity index is 420. The van der Waals surface area contributed by atoms with Gasteiger partial charge in [0.2, 0.25) is 6.39 Å². The third-order valence-electron chi connectivity index (χ3n) is 2.16. The Morgan fingerprint density at radius 3 is 2.60 bits per heavy atom. The normalized spacial score (nSPS) is 10.5. The predicted octanol–water partition coefficient (Wildman–Crippen LogP) is 2.98. The van der Waals surface area contributed by atoms with Crippen LogP contribution in [0.3, 0.4) is 0 Å². The quantitative estimate of drug-likeness (QED) is 0.745. The third-order valence-corrected chi connectivity index (χ3v) is 3.50. The summed E-state index contributed by atoms with van der Waals surface area (Å²) in [6, 6.07) is 6.31. The minimum Gasteiger partial charge on any atom is -0.343 e. The first-order valence-corrected chi connectivity index (χ1v) is 5.70. The summed E-state index contributed by atoms with van der Waals surface area (Å²) in [4.78, 5) is 5.30. The predicted molar refractivity (Wildman–Crippen MR) is 59.8 cm³/mol. The van der Waals surface area contributed by atoms with Gasteiger partial charge >= 0.3 is 0 Å². The molecule has 2 aromatic rings. The van der Waals surface area contributed by atoms with E-state index >= 15 is 0 Å². The zero-order chi connectivity index (χ0) is 10.7. The molecule has 1 aromatic heterocycles. The van der Waals surface area contributed by atoms with Crippen molar-refractivity contribution in [1.29, 1.82) is 0 Å². The molecule has 4 heteroatoms. The minimum absolute atomic E-state index is 0.739. The Morgan fingerprint density at radius 1 is 1.27 bits per heavy atom. The number of hydrogen-bond donors (Lipinski definition) is 0. The van der Waals surface area contributed by atoms with Gasteiger partial charge in [-0.25, -0.2) is 0 Å². The van der Waals surface area contributed by atoms with Crippen LogP contribution in [0.25, 0.3) is 0 Å². The summed E-state index contributed by atoms with van der Waals surface area (Å²) in [5.74, 6) is 1.49. The van der Waals surface area contributed by atoms with Crippen LogP contribution < -0.4 is 0 Å². The Kier molecular flexibility index (Phi) is 3.06. The summed E-state index contributed by atoms with van der Waals surface area (Å²) in [6.45, 7) is 4.23. The molecule has 0 unspecified atom stereocenters. The maximum atomic E-state index is 4.69. The van der Waals surface area contributed by atoms with Crippen molar-refractivity contribution in [3.05, 3.63) is 41.5 Å². The molecule has 0 saturated carbocycles. The summed E-state index contributed by atoms with van der Waals surface area (Å²) in [6.07, 6.45) is 1.36. The maximum Gasteiger partial charge on any atom is 0.213 e. The highest BCUT2D eigenvalue weighted by atomic mass is 32.2. The van der Waals surface area contributed by atoms with Crippen molar-refractivity contribution >= 4 is 11.8 Å². The first-order chi connectivity index (χ1) is 7.27. The lowest BCUT2D eigenvalue weighted by Crippen LogP contribution is -1.88. The number of rotatable bonds is 3. The van der Waals surface area contributed by atoms with E-state index in [4.69, 9.17) is 0 Å². The first kappa shape index (κ1) is 10.2. The highest BCUT2D eigenvalue weighted by Crippen LogP contribution is 2.27. The molecule has 1 heterocycles. The van der Waals surface area contributed by atoms with Crippen LogP contribution in [0.15, 0.2) is 34.0 Å². The summed E-state index contributed by atoms with van der Waals surface area (Å²) < 4.78 is 4.69. The Labute approximate surface area is 92.9 Å². The molecule has 0 fully saturated rings. The zero-order valence-corrected chi connectivity index (χ0v) is 9.54. The average molecular weight is 220 g/mol. The molecular weight excluding hydrogens is 208 g/mol. The monoisotopic (exact) mass is 220 g/mol. The maximum absolute atomic E-state index is 4.69. The topological polar surface area (TPSA) is 38.9 Å². The van der Waals surface area contributed by atoms with Gasteiger partial charge < -0.3 is 4.52 Å². The van der Waals surface area contributed by atoms with Crippen LogP contribution >= 0.6 is 11.8 Å². The van der Waals surface area contributed by atoms with Gasteiger partial charge in [0.25, 0.3) is 0 Å². The third kappa shape index (κ3) is 2.39. The Hall–Kier alpha value is -1.29. The molecule has 0 aliphatic rings. The molecule has 0 amide bonds. The molecule has 2 rings (SSSR count). The average Bonchev–Trinajstić information content (AvgIpc) is 2.70. The molecule has 0 N–H and O–H groups in total.